The van der Waals surface area contributed by atoms with Crippen LogP contribution in [0.2, 0.25) is 0 Å². The fraction of sp³-hybridized carbons (Fsp3) is 0.176. The summed E-state index contributed by atoms with van der Waals surface area (Å²) in [5, 5.41) is 8.52. The van der Waals surface area contributed by atoms with Gasteiger partial charge in [-0.05, 0) is 46.6 Å². The highest BCUT2D eigenvalue weighted by molar-refractivity contribution is 9.10. The molecule has 0 fully saturated rings. The van der Waals surface area contributed by atoms with Crippen LogP contribution in [0.25, 0.3) is 10.8 Å². The van der Waals surface area contributed by atoms with Crippen molar-refractivity contribution in [2.24, 2.45) is 0 Å². The molecule has 0 saturated heterocycles. The number of aryl methyl sites for hydroxylation is 1. The van der Waals surface area contributed by atoms with E-state index in [0.717, 1.165) is 15.2 Å². The van der Waals surface area contributed by atoms with Gasteiger partial charge in [-0.2, -0.15) is 0 Å². The highest BCUT2D eigenvalue weighted by atomic mass is 79.9. The first-order valence-corrected chi connectivity index (χ1v) is 7.92. The molecule has 6 heteroatoms. The zero-order valence-corrected chi connectivity index (χ0v) is 14.3. The third-order valence-electron chi connectivity index (χ3n) is 3.38. The molecule has 1 unspecified atom stereocenters. The average Bonchev–Trinajstić information content (AvgIpc) is 2.95. The Morgan fingerprint density at radius 1 is 1.30 bits per heavy atom. The van der Waals surface area contributed by atoms with Crippen LogP contribution >= 0.6 is 15.9 Å². The Bertz CT molecular complexity index is 860. The first kappa shape index (κ1) is 15.6. The van der Waals surface area contributed by atoms with Gasteiger partial charge in [-0.25, -0.2) is 0 Å². The maximum absolute atomic E-state index is 12.2. The number of ether oxygens (including phenoxy) is 1. The van der Waals surface area contributed by atoms with Gasteiger partial charge < -0.3 is 14.6 Å². The second-order valence-electron chi connectivity index (χ2n) is 5.17. The molecule has 1 atom stereocenters. The van der Waals surface area contributed by atoms with Crippen molar-refractivity contribution in [2.45, 2.75) is 20.0 Å². The van der Waals surface area contributed by atoms with Gasteiger partial charge in [0.15, 0.2) is 11.9 Å². The second kappa shape index (κ2) is 6.42. The van der Waals surface area contributed by atoms with E-state index in [4.69, 9.17) is 9.26 Å². The molecule has 23 heavy (non-hydrogen) atoms. The van der Waals surface area contributed by atoms with Crippen LogP contribution < -0.4 is 10.1 Å². The van der Waals surface area contributed by atoms with Gasteiger partial charge >= 0.3 is 0 Å². The molecule has 1 aromatic heterocycles. The third-order valence-corrected chi connectivity index (χ3v) is 4.20. The Balaban J connectivity index is 1.75. The van der Waals surface area contributed by atoms with Crippen molar-refractivity contribution in [1.29, 1.82) is 0 Å². The Labute approximate surface area is 141 Å². The molecule has 3 aromatic rings. The van der Waals surface area contributed by atoms with Gasteiger partial charge in [0.25, 0.3) is 5.91 Å². The summed E-state index contributed by atoms with van der Waals surface area (Å²) in [5.74, 6) is 1.33. The third kappa shape index (κ3) is 3.37. The minimum atomic E-state index is -0.676. The molecular formula is C17H15BrN2O3. The van der Waals surface area contributed by atoms with Crippen molar-refractivity contribution < 1.29 is 14.1 Å². The molecule has 1 heterocycles. The first-order valence-electron chi connectivity index (χ1n) is 7.12. The highest BCUT2D eigenvalue weighted by Gasteiger charge is 2.18. The maximum atomic E-state index is 12.2. The van der Waals surface area contributed by atoms with E-state index in [2.05, 4.69) is 26.4 Å². The van der Waals surface area contributed by atoms with Crippen LogP contribution in [0, 0.1) is 6.92 Å². The zero-order valence-electron chi connectivity index (χ0n) is 12.7. The average molecular weight is 375 g/mol. The Morgan fingerprint density at radius 3 is 2.83 bits per heavy atom. The van der Waals surface area contributed by atoms with Crippen LogP contribution in [-0.2, 0) is 4.79 Å². The summed E-state index contributed by atoms with van der Waals surface area (Å²) in [6.07, 6.45) is -0.676. The molecule has 0 aliphatic heterocycles. The van der Waals surface area contributed by atoms with Crippen molar-refractivity contribution >= 4 is 38.4 Å². The lowest BCUT2D eigenvalue weighted by molar-refractivity contribution is -0.122. The SMILES string of the molecule is Cc1cc(NC(=O)C(C)Oc2ccc3ccccc3c2Br)no1. The summed E-state index contributed by atoms with van der Waals surface area (Å²) in [6.45, 7) is 3.44. The summed E-state index contributed by atoms with van der Waals surface area (Å²) >= 11 is 3.55. The molecule has 0 bridgehead atoms. The number of fused-ring (bicyclic) bond motifs is 1. The molecule has 5 nitrogen and oxygen atoms in total. The molecule has 3 rings (SSSR count). The molecule has 2 aromatic carbocycles. The van der Waals surface area contributed by atoms with E-state index in [-0.39, 0.29) is 5.91 Å². The number of amides is 1. The summed E-state index contributed by atoms with van der Waals surface area (Å²) in [5.41, 5.74) is 0. The minimum Gasteiger partial charge on any atom is -0.480 e. The topological polar surface area (TPSA) is 64.4 Å². The van der Waals surface area contributed by atoms with Crippen molar-refractivity contribution in [1.82, 2.24) is 5.16 Å². The highest BCUT2D eigenvalue weighted by Crippen LogP contribution is 2.33. The van der Waals surface area contributed by atoms with Crippen LogP contribution in [0.15, 0.2) is 51.5 Å². The fourth-order valence-corrected chi connectivity index (χ4v) is 2.79. The quantitative estimate of drug-likeness (QED) is 0.738. The van der Waals surface area contributed by atoms with E-state index in [1.54, 1.807) is 19.9 Å². The summed E-state index contributed by atoms with van der Waals surface area (Å²) in [7, 11) is 0. The van der Waals surface area contributed by atoms with E-state index in [1.807, 2.05) is 36.4 Å². The molecular weight excluding hydrogens is 360 g/mol. The zero-order chi connectivity index (χ0) is 16.4. The number of aromatic nitrogens is 1. The van der Waals surface area contributed by atoms with Crippen LogP contribution in [-0.4, -0.2) is 17.2 Å². The fourth-order valence-electron chi connectivity index (χ4n) is 2.20. The Kier molecular flexibility index (Phi) is 4.34. The van der Waals surface area contributed by atoms with E-state index in [0.29, 0.717) is 17.3 Å². The van der Waals surface area contributed by atoms with Gasteiger partial charge in [0.2, 0.25) is 0 Å². The van der Waals surface area contributed by atoms with Crippen molar-refractivity contribution in [2.75, 3.05) is 5.32 Å². The van der Waals surface area contributed by atoms with E-state index < -0.39 is 6.10 Å². The molecule has 118 valence electrons. The van der Waals surface area contributed by atoms with Gasteiger partial charge in [0.1, 0.15) is 11.5 Å². The number of carbonyl (C=O) groups is 1. The molecule has 0 aliphatic carbocycles. The van der Waals surface area contributed by atoms with Gasteiger partial charge in [0, 0.05) is 6.07 Å². The second-order valence-corrected chi connectivity index (χ2v) is 5.96. The number of anilines is 1. The van der Waals surface area contributed by atoms with Gasteiger partial charge in [-0.15, -0.1) is 0 Å². The predicted octanol–water partition coefficient (Wildman–Crippen LogP) is 4.30. The van der Waals surface area contributed by atoms with E-state index in [9.17, 15) is 4.79 Å². The summed E-state index contributed by atoms with van der Waals surface area (Å²) in [6, 6.07) is 13.4. The number of benzene rings is 2. The van der Waals surface area contributed by atoms with Crippen LogP contribution in [0.4, 0.5) is 5.82 Å². The van der Waals surface area contributed by atoms with Crippen LogP contribution in [0.3, 0.4) is 0 Å². The molecule has 1 amide bonds. The maximum Gasteiger partial charge on any atom is 0.266 e. The van der Waals surface area contributed by atoms with Gasteiger partial charge in [0.05, 0.1) is 4.47 Å². The largest absolute Gasteiger partial charge is 0.480 e. The smallest absolute Gasteiger partial charge is 0.266 e. The lowest BCUT2D eigenvalue weighted by Crippen LogP contribution is -2.30. The van der Waals surface area contributed by atoms with Crippen molar-refractivity contribution in [3.05, 3.63) is 52.7 Å². The summed E-state index contributed by atoms with van der Waals surface area (Å²) < 4.78 is 11.5. The summed E-state index contributed by atoms with van der Waals surface area (Å²) in [4.78, 5) is 12.2. The van der Waals surface area contributed by atoms with Crippen LogP contribution in [0.1, 0.15) is 12.7 Å². The van der Waals surface area contributed by atoms with Crippen LogP contribution in [0.5, 0.6) is 5.75 Å². The number of rotatable bonds is 4. The number of nitrogens with one attached hydrogen (secondary N) is 1. The predicted molar refractivity (Wildman–Crippen MR) is 91.6 cm³/mol. The molecule has 1 N–H and O–H groups in total. The number of hydrogen-bond donors (Lipinski definition) is 1. The number of carbonyl (C=O) groups excluding carboxylic acids is 1. The minimum absolute atomic E-state index is 0.293. The van der Waals surface area contributed by atoms with Crippen molar-refractivity contribution in [3.63, 3.8) is 0 Å². The lowest BCUT2D eigenvalue weighted by Gasteiger charge is -2.15. The Morgan fingerprint density at radius 2 is 2.09 bits per heavy atom. The monoisotopic (exact) mass is 374 g/mol. The molecule has 0 saturated carbocycles. The Hall–Kier alpha value is -2.34. The lowest BCUT2D eigenvalue weighted by atomic mass is 10.1. The van der Waals surface area contributed by atoms with Crippen molar-refractivity contribution in [3.8, 4) is 5.75 Å². The number of hydrogen-bond acceptors (Lipinski definition) is 4. The molecule has 0 radical (unpaired) electrons. The number of nitrogens with zero attached hydrogens (tertiary/aromatic N) is 1. The molecule has 0 spiro atoms. The van der Waals surface area contributed by atoms with Gasteiger partial charge in [-0.1, -0.05) is 35.5 Å². The molecule has 0 aliphatic rings. The normalized spacial score (nSPS) is 12.1. The van der Waals surface area contributed by atoms with Gasteiger partial charge in [-0.3, -0.25) is 4.79 Å². The standard InChI is InChI=1S/C17H15BrN2O3/c1-10-9-15(20-23-10)19-17(21)11(2)22-14-8-7-12-5-3-4-6-13(12)16(14)18/h3-9,11H,1-2H3,(H,19,20,21). The van der Waals surface area contributed by atoms with E-state index in [1.165, 1.54) is 0 Å². The first-order chi connectivity index (χ1) is 11.0. The number of halogens is 1. The van der Waals surface area contributed by atoms with E-state index >= 15 is 0 Å².